The Morgan fingerprint density at radius 2 is 1.00 bits per heavy atom. The van der Waals surface area contributed by atoms with E-state index in [4.69, 9.17) is 14.2 Å². The number of ether oxygens (including phenoxy) is 3. The lowest BCUT2D eigenvalue weighted by atomic mass is 10.1. The van der Waals surface area contributed by atoms with E-state index in [1.165, 1.54) is 72.8 Å². The molecule has 4 rings (SSSR count). The van der Waals surface area contributed by atoms with Gasteiger partial charge in [-0.05, 0) is 66.7 Å². The van der Waals surface area contributed by atoms with Crippen LogP contribution in [0, 0.1) is 10.1 Å². The van der Waals surface area contributed by atoms with E-state index in [0.29, 0.717) is 11.5 Å². The second kappa shape index (κ2) is 11.6. The summed E-state index contributed by atoms with van der Waals surface area (Å²) in [7, 11) is 0. The van der Waals surface area contributed by atoms with Crippen molar-refractivity contribution in [2.45, 2.75) is 0 Å². The van der Waals surface area contributed by atoms with E-state index in [1.54, 1.807) is 0 Å². The zero-order valence-electron chi connectivity index (χ0n) is 20.2. The number of aromatic carboxylic acids is 2. The number of carbonyl (C=O) groups excluding carboxylic acids is 2. The number of carboxylic acid groups (broad SMARTS) is 2. The number of hydrogen-bond acceptors (Lipinski definition) is 9. The molecule has 2 N–H and O–H groups in total. The Morgan fingerprint density at radius 3 is 1.48 bits per heavy atom. The van der Waals surface area contributed by atoms with Gasteiger partial charge in [0.1, 0.15) is 23.0 Å². The molecule has 0 aromatic heterocycles. The number of benzene rings is 4. The van der Waals surface area contributed by atoms with Crippen LogP contribution in [0.4, 0.5) is 5.69 Å². The molecule has 0 amide bonds. The van der Waals surface area contributed by atoms with E-state index in [-0.39, 0.29) is 22.6 Å². The van der Waals surface area contributed by atoms with Gasteiger partial charge in [0.2, 0.25) is 0 Å². The highest BCUT2D eigenvalue weighted by molar-refractivity contribution is 6.04. The quantitative estimate of drug-likeness (QED) is 0.122. The topological polar surface area (TPSA) is 180 Å². The van der Waals surface area contributed by atoms with Crippen LogP contribution < -0.4 is 14.2 Å². The predicted octanol–water partition coefficient (Wildman–Crippen LogP) is 5.22. The second-order valence-corrected chi connectivity index (χ2v) is 7.97. The molecule has 0 aliphatic carbocycles. The SMILES string of the molecule is O=C(O)c1ccccc1C(=O)Oc1ccc(Oc2ccc(OC(=O)c3cc([N+](=O)[O-])ccc3C(=O)O)cc2)cc1. The van der Waals surface area contributed by atoms with Gasteiger partial charge in [0.05, 0.1) is 27.2 Å². The molecule has 40 heavy (non-hydrogen) atoms. The van der Waals surface area contributed by atoms with E-state index < -0.39 is 45.6 Å². The fraction of sp³-hybridized carbons (Fsp3) is 0. The first kappa shape index (κ1) is 27.0. The van der Waals surface area contributed by atoms with Gasteiger partial charge < -0.3 is 24.4 Å². The van der Waals surface area contributed by atoms with Crippen LogP contribution in [-0.2, 0) is 0 Å². The highest BCUT2D eigenvalue weighted by atomic mass is 16.6. The van der Waals surface area contributed by atoms with Gasteiger partial charge in [-0.3, -0.25) is 10.1 Å². The Hall–Kier alpha value is -6.04. The number of hydrogen-bond donors (Lipinski definition) is 2. The number of carboxylic acids is 2. The Kier molecular flexibility index (Phi) is 7.81. The first-order valence-electron chi connectivity index (χ1n) is 11.3. The minimum absolute atomic E-state index is 0.0316. The van der Waals surface area contributed by atoms with Crippen LogP contribution in [0.25, 0.3) is 0 Å². The molecular formula is C28H17NO11. The Bertz CT molecular complexity index is 1630. The molecule has 0 bridgehead atoms. The van der Waals surface area contributed by atoms with E-state index in [9.17, 15) is 39.5 Å². The molecule has 0 heterocycles. The maximum Gasteiger partial charge on any atom is 0.344 e. The van der Waals surface area contributed by atoms with Crippen molar-refractivity contribution in [1.82, 2.24) is 0 Å². The van der Waals surface area contributed by atoms with Crippen molar-refractivity contribution >= 4 is 29.6 Å². The molecule has 0 fully saturated rings. The van der Waals surface area contributed by atoms with Gasteiger partial charge in [-0.15, -0.1) is 0 Å². The molecule has 0 unspecified atom stereocenters. The maximum atomic E-state index is 12.5. The minimum atomic E-state index is -1.45. The molecule has 200 valence electrons. The summed E-state index contributed by atoms with van der Waals surface area (Å²) in [6.45, 7) is 0. The fourth-order valence-electron chi connectivity index (χ4n) is 3.46. The molecule has 4 aromatic rings. The van der Waals surface area contributed by atoms with Gasteiger partial charge in [0.15, 0.2) is 0 Å². The summed E-state index contributed by atoms with van der Waals surface area (Å²) in [5.41, 5.74) is -1.67. The summed E-state index contributed by atoms with van der Waals surface area (Å²) >= 11 is 0. The first-order valence-corrected chi connectivity index (χ1v) is 11.3. The lowest BCUT2D eigenvalue weighted by Gasteiger charge is -2.10. The second-order valence-electron chi connectivity index (χ2n) is 7.97. The molecular weight excluding hydrogens is 526 g/mol. The van der Waals surface area contributed by atoms with Crippen LogP contribution >= 0.6 is 0 Å². The Morgan fingerprint density at radius 1 is 0.575 bits per heavy atom. The molecule has 0 aliphatic heterocycles. The van der Waals surface area contributed by atoms with Crippen LogP contribution in [0.15, 0.2) is 91.0 Å². The molecule has 12 nitrogen and oxygen atoms in total. The standard InChI is InChI=1S/C28H17NO11/c30-25(31)21-3-1-2-4-23(21)27(34)39-19-10-6-17(7-11-19)38-18-8-12-20(13-9-18)40-28(35)24-15-16(29(36)37)5-14-22(24)26(32)33/h1-15H,(H,30,31)(H,32,33). The van der Waals surface area contributed by atoms with Crippen molar-refractivity contribution in [3.05, 3.63) is 123 Å². The average molecular weight is 543 g/mol. The number of nitro groups is 1. The molecule has 0 radical (unpaired) electrons. The number of rotatable bonds is 9. The number of carbonyl (C=O) groups is 4. The number of esters is 2. The van der Waals surface area contributed by atoms with Gasteiger partial charge in [0, 0.05) is 12.1 Å². The highest BCUT2D eigenvalue weighted by Gasteiger charge is 2.22. The van der Waals surface area contributed by atoms with Crippen molar-refractivity contribution in [3.8, 4) is 23.0 Å². The van der Waals surface area contributed by atoms with Gasteiger partial charge in [-0.25, -0.2) is 19.2 Å². The molecule has 0 spiro atoms. The van der Waals surface area contributed by atoms with E-state index in [2.05, 4.69) is 0 Å². The monoisotopic (exact) mass is 543 g/mol. The Labute approximate surface area is 224 Å². The summed E-state index contributed by atoms with van der Waals surface area (Å²) in [5.74, 6) is -3.75. The van der Waals surface area contributed by atoms with Crippen LogP contribution in [0.1, 0.15) is 41.4 Å². The van der Waals surface area contributed by atoms with E-state index >= 15 is 0 Å². The fourth-order valence-corrected chi connectivity index (χ4v) is 3.46. The Balaban J connectivity index is 1.40. The minimum Gasteiger partial charge on any atom is -0.478 e. The van der Waals surface area contributed by atoms with Crippen molar-refractivity contribution in [1.29, 1.82) is 0 Å². The largest absolute Gasteiger partial charge is 0.478 e. The summed E-state index contributed by atoms with van der Waals surface area (Å²) < 4.78 is 16.1. The summed E-state index contributed by atoms with van der Waals surface area (Å²) in [4.78, 5) is 57.9. The first-order chi connectivity index (χ1) is 19.1. The molecule has 4 aromatic carbocycles. The number of nitro benzene ring substituents is 1. The zero-order valence-corrected chi connectivity index (χ0v) is 20.2. The van der Waals surface area contributed by atoms with Crippen molar-refractivity contribution in [2.24, 2.45) is 0 Å². The van der Waals surface area contributed by atoms with Gasteiger partial charge >= 0.3 is 23.9 Å². The van der Waals surface area contributed by atoms with E-state index in [0.717, 1.165) is 18.2 Å². The molecule has 12 heteroatoms. The van der Waals surface area contributed by atoms with Crippen LogP contribution in [0.5, 0.6) is 23.0 Å². The van der Waals surface area contributed by atoms with Crippen LogP contribution in [-0.4, -0.2) is 39.0 Å². The predicted molar refractivity (Wildman–Crippen MR) is 136 cm³/mol. The zero-order chi connectivity index (χ0) is 28.8. The van der Waals surface area contributed by atoms with E-state index in [1.807, 2.05) is 0 Å². The van der Waals surface area contributed by atoms with Crippen molar-refractivity contribution in [2.75, 3.05) is 0 Å². The van der Waals surface area contributed by atoms with Crippen LogP contribution in [0.2, 0.25) is 0 Å². The lowest BCUT2D eigenvalue weighted by Crippen LogP contribution is -2.14. The molecule has 0 aliphatic rings. The normalized spacial score (nSPS) is 10.3. The molecule has 0 saturated carbocycles. The third-order valence-corrected chi connectivity index (χ3v) is 5.35. The number of non-ortho nitro benzene ring substituents is 1. The summed E-state index contributed by atoms with van der Waals surface area (Å²) in [6.07, 6.45) is 0. The van der Waals surface area contributed by atoms with Crippen LogP contribution in [0.3, 0.4) is 0 Å². The smallest absolute Gasteiger partial charge is 0.344 e. The average Bonchev–Trinajstić information content (AvgIpc) is 2.94. The van der Waals surface area contributed by atoms with Gasteiger partial charge in [-0.1, -0.05) is 12.1 Å². The summed E-state index contributed by atoms with van der Waals surface area (Å²) in [5, 5.41) is 29.5. The maximum absolute atomic E-state index is 12.5. The number of nitrogens with zero attached hydrogens (tertiary/aromatic N) is 1. The molecule has 0 saturated heterocycles. The third kappa shape index (κ3) is 6.26. The third-order valence-electron chi connectivity index (χ3n) is 5.35. The highest BCUT2D eigenvalue weighted by Crippen LogP contribution is 2.27. The van der Waals surface area contributed by atoms with Crippen molar-refractivity contribution in [3.63, 3.8) is 0 Å². The van der Waals surface area contributed by atoms with Gasteiger partial charge in [-0.2, -0.15) is 0 Å². The van der Waals surface area contributed by atoms with Crippen molar-refractivity contribution < 1.29 is 48.5 Å². The lowest BCUT2D eigenvalue weighted by molar-refractivity contribution is -0.384. The van der Waals surface area contributed by atoms with Gasteiger partial charge in [0.25, 0.3) is 5.69 Å². The molecule has 0 atom stereocenters. The summed E-state index contributed by atoms with van der Waals surface area (Å²) in [6, 6.07) is 20.0.